The van der Waals surface area contributed by atoms with Crippen LogP contribution in [0.25, 0.3) is 10.4 Å². The van der Waals surface area contributed by atoms with Crippen molar-refractivity contribution >= 4 is 31.2 Å². The van der Waals surface area contributed by atoms with E-state index in [1.807, 2.05) is 62.5 Å². The Morgan fingerprint density at radius 2 is 1.93 bits per heavy atom. The fraction of sp³-hybridized carbons (Fsp3) is 0.455. The van der Waals surface area contributed by atoms with Crippen LogP contribution >= 0.6 is 19.3 Å². The van der Waals surface area contributed by atoms with Crippen LogP contribution in [0.15, 0.2) is 46.5 Å². The lowest BCUT2D eigenvalue weighted by atomic mass is 10.0. The Bertz CT molecular complexity index is 851. The third kappa shape index (κ3) is 7.63. The Morgan fingerprint density at radius 1 is 1.23 bits per heavy atom. The molecular formula is C22H29N2O4PS. The van der Waals surface area contributed by atoms with Gasteiger partial charge in [-0.1, -0.05) is 51.1 Å². The molecule has 1 aromatic heterocycles. The van der Waals surface area contributed by atoms with Crippen LogP contribution in [0.3, 0.4) is 0 Å². The van der Waals surface area contributed by atoms with Gasteiger partial charge in [0.1, 0.15) is 12.2 Å². The molecule has 30 heavy (non-hydrogen) atoms. The van der Waals surface area contributed by atoms with Crippen LogP contribution in [0.4, 0.5) is 0 Å². The number of aliphatic carboxylic acids is 1. The van der Waals surface area contributed by atoms with Crippen LogP contribution in [-0.2, 0) is 16.0 Å². The molecule has 0 aliphatic carbocycles. The monoisotopic (exact) mass is 448 g/mol. The molecule has 2 aromatic rings. The minimum absolute atomic E-state index is 0.168. The zero-order valence-corrected chi connectivity index (χ0v) is 19.3. The average molecular weight is 449 g/mol. The van der Waals surface area contributed by atoms with E-state index in [2.05, 4.69) is 10.1 Å². The van der Waals surface area contributed by atoms with Crippen LogP contribution < -0.4 is 10.2 Å². The molecule has 2 rings (SSSR count). The van der Waals surface area contributed by atoms with Crippen LogP contribution in [0.2, 0.25) is 0 Å². The van der Waals surface area contributed by atoms with Gasteiger partial charge in [0.25, 0.3) is 0 Å². The third-order valence-electron chi connectivity index (χ3n) is 4.49. The van der Waals surface area contributed by atoms with Crippen molar-refractivity contribution < 1.29 is 19.6 Å². The molecule has 1 amide bonds. The number of carbonyl (C=O) groups excluding carboxylic acids is 1. The summed E-state index contributed by atoms with van der Waals surface area (Å²) < 4.78 is 4.17. The van der Waals surface area contributed by atoms with E-state index < -0.39 is 31.9 Å². The molecule has 1 heterocycles. The fourth-order valence-corrected chi connectivity index (χ4v) is 4.75. The van der Waals surface area contributed by atoms with E-state index in [4.69, 9.17) is 0 Å². The predicted octanol–water partition coefficient (Wildman–Crippen LogP) is 4.29. The Kier molecular flexibility index (Phi) is 9.63. The van der Waals surface area contributed by atoms with Crippen molar-refractivity contribution in [3.63, 3.8) is 0 Å². The second-order valence-electron chi connectivity index (χ2n) is 7.61. The van der Waals surface area contributed by atoms with Gasteiger partial charge >= 0.3 is 5.97 Å². The number of nitrogens with zero attached hydrogens (tertiary/aromatic N) is 1. The molecule has 0 aliphatic rings. The lowest BCUT2D eigenvalue weighted by Crippen LogP contribution is -2.46. The predicted molar refractivity (Wildman–Crippen MR) is 121 cm³/mol. The standard InChI is InChI=1S/C22H29N2O4PS/c1-4-11-29(28)24-18(13-15(2)3)21(25)23-19(22(26)27)14-16-7-9-17(10-8-16)20-6-5-12-30-20/h5-10,12,15,18-19H,4,11,13-14H2,1-3H3,(H,23,25)(H,26,27)/t18-,19-/m0/s1. The third-order valence-corrected chi connectivity index (χ3v) is 6.78. The molecule has 3 atom stereocenters. The molecule has 0 fully saturated rings. The van der Waals surface area contributed by atoms with E-state index in [1.165, 1.54) is 0 Å². The normalized spacial score (nSPS) is 13.8. The summed E-state index contributed by atoms with van der Waals surface area (Å²) in [7, 11) is -1.83. The van der Waals surface area contributed by atoms with E-state index in [-0.39, 0.29) is 12.3 Å². The number of benzene rings is 1. The number of hydrogen-bond donors (Lipinski definition) is 2. The zero-order chi connectivity index (χ0) is 22.1. The fourth-order valence-electron chi connectivity index (χ4n) is 3.01. The molecular weight excluding hydrogens is 419 g/mol. The highest BCUT2D eigenvalue weighted by Crippen LogP contribution is 2.25. The quantitative estimate of drug-likeness (QED) is 0.501. The number of thiophene rings is 1. The topological polar surface area (TPSA) is 102 Å². The molecule has 1 unspecified atom stereocenters. The van der Waals surface area contributed by atoms with Crippen molar-refractivity contribution in [3.05, 3.63) is 47.3 Å². The highest BCUT2D eigenvalue weighted by atomic mass is 32.1. The van der Waals surface area contributed by atoms with Gasteiger partial charge in [0.2, 0.25) is 5.91 Å². The summed E-state index contributed by atoms with van der Waals surface area (Å²) in [6.07, 6.45) is 1.74. The SMILES string of the molecule is CCC[P+]([O-])=N[C@@H](CC(C)C)C(=O)N[C@@H](Cc1ccc(-c2cccs2)cc1)C(=O)O. The van der Waals surface area contributed by atoms with Gasteiger partial charge < -0.3 is 15.3 Å². The summed E-state index contributed by atoms with van der Waals surface area (Å²) in [5.74, 6) is -1.42. The number of rotatable bonds is 11. The Hall–Kier alpha value is -2.08. The van der Waals surface area contributed by atoms with Crippen molar-refractivity contribution in [2.75, 3.05) is 6.16 Å². The van der Waals surface area contributed by atoms with E-state index in [1.54, 1.807) is 11.3 Å². The van der Waals surface area contributed by atoms with E-state index in [0.717, 1.165) is 16.0 Å². The lowest BCUT2D eigenvalue weighted by Gasteiger charge is -2.18. The molecule has 0 saturated carbocycles. The van der Waals surface area contributed by atoms with Gasteiger partial charge in [-0.3, -0.25) is 4.79 Å². The number of carboxylic acid groups (broad SMARTS) is 1. The number of hydrogen-bond acceptors (Lipinski definition) is 5. The first kappa shape index (κ1) is 24.2. The minimum atomic E-state index is -1.83. The highest BCUT2D eigenvalue weighted by molar-refractivity contribution is 7.39. The van der Waals surface area contributed by atoms with E-state index in [0.29, 0.717) is 19.0 Å². The van der Waals surface area contributed by atoms with Crippen molar-refractivity contribution in [2.24, 2.45) is 10.7 Å². The van der Waals surface area contributed by atoms with E-state index >= 15 is 0 Å². The molecule has 6 nitrogen and oxygen atoms in total. The Labute approximate surface area is 182 Å². The highest BCUT2D eigenvalue weighted by Gasteiger charge is 2.27. The van der Waals surface area contributed by atoms with Gasteiger partial charge in [0.15, 0.2) is 14.0 Å². The van der Waals surface area contributed by atoms with Gasteiger partial charge in [-0.15, -0.1) is 16.1 Å². The summed E-state index contributed by atoms with van der Waals surface area (Å²) in [6.45, 7) is 5.81. The maximum atomic E-state index is 12.7. The molecule has 2 N–H and O–H groups in total. The first-order valence-electron chi connectivity index (χ1n) is 10.1. The number of carboxylic acids is 1. The second-order valence-corrected chi connectivity index (χ2v) is 9.94. The van der Waals surface area contributed by atoms with Gasteiger partial charge in [0, 0.05) is 11.3 Å². The molecule has 162 valence electrons. The Balaban J connectivity index is 2.10. The first-order valence-corrected chi connectivity index (χ1v) is 12.4. The molecule has 0 radical (unpaired) electrons. The number of carbonyl (C=O) groups is 2. The van der Waals surface area contributed by atoms with Gasteiger partial charge in [0.05, 0.1) is 0 Å². The van der Waals surface area contributed by atoms with Crippen LogP contribution in [0, 0.1) is 5.92 Å². The van der Waals surface area contributed by atoms with Crippen molar-refractivity contribution in [1.29, 1.82) is 0 Å². The maximum Gasteiger partial charge on any atom is 0.326 e. The maximum absolute atomic E-state index is 12.7. The van der Waals surface area contributed by atoms with Gasteiger partial charge in [-0.25, -0.2) is 4.79 Å². The van der Waals surface area contributed by atoms with Crippen molar-refractivity contribution in [3.8, 4) is 10.4 Å². The molecule has 0 spiro atoms. The van der Waals surface area contributed by atoms with Gasteiger partial charge in [-0.05, 0) is 41.3 Å². The van der Waals surface area contributed by atoms with Crippen LogP contribution in [-0.4, -0.2) is 35.2 Å². The summed E-state index contributed by atoms with van der Waals surface area (Å²) in [6, 6.07) is 9.81. The van der Waals surface area contributed by atoms with Crippen molar-refractivity contribution in [1.82, 2.24) is 5.32 Å². The smallest absolute Gasteiger partial charge is 0.326 e. The zero-order valence-electron chi connectivity index (χ0n) is 17.6. The second kappa shape index (κ2) is 11.9. The largest absolute Gasteiger partial charge is 0.612 e. The molecule has 0 bridgehead atoms. The van der Waals surface area contributed by atoms with Gasteiger partial charge in [-0.2, -0.15) is 0 Å². The van der Waals surface area contributed by atoms with Crippen LogP contribution in [0.1, 0.15) is 39.2 Å². The molecule has 0 saturated heterocycles. The Morgan fingerprint density at radius 3 is 2.47 bits per heavy atom. The molecule has 1 aromatic carbocycles. The summed E-state index contributed by atoms with van der Waals surface area (Å²) in [5, 5.41) is 14.2. The summed E-state index contributed by atoms with van der Waals surface area (Å²) in [4.78, 5) is 37.7. The summed E-state index contributed by atoms with van der Waals surface area (Å²) >= 11 is 1.64. The first-order chi connectivity index (χ1) is 14.3. The van der Waals surface area contributed by atoms with E-state index in [9.17, 15) is 19.6 Å². The lowest BCUT2D eigenvalue weighted by molar-refractivity contribution is -0.156. The number of nitrogens with one attached hydrogen (secondary N) is 1. The number of amides is 1. The molecule has 0 aliphatic heterocycles. The van der Waals surface area contributed by atoms with Crippen molar-refractivity contribution in [2.45, 2.75) is 52.1 Å². The molecule has 8 heteroatoms. The minimum Gasteiger partial charge on any atom is -0.612 e. The average Bonchev–Trinajstić information content (AvgIpc) is 3.22. The van der Waals surface area contributed by atoms with Crippen LogP contribution in [0.5, 0.6) is 0 Å². The summed E-state index contributed by atoms with van der Waals surface area (Å²) in [5.41, 5.74) is 1.89.